The molecule has 0 saturated carbocycles. The Morgan fingerprint density at radius 2 is 1.86 bits per heavy atom. The maximum Gasteiger partial charge on any atom is 0.308 e. The molecule has 1 fully saturated rings. The predicted octanol–water partition coefficient (Wildman–Crippen LogP) is 0.497. The summed E-state index contributed by atoms with van der Waals surface area (Å²) in [5.74, 6) is -0.824. The minimum absolute atomic E-state index is 0.280. The van der Waals surface area contributed by atoms with Gasteiger partial charge in [0.05, 0.1) is 5.69 Å². The lowest BCUT2D eigenvalue weighted by Crippen LogP contribution is -2.52. The fourth-order valence-corrected chi connectivity index (χ4v) is 1.37. The number of hydrogen-bond donors (Lipinski definition) is 1. The van der Waals surface area contributed by atoms with Crippen molar-refractivity contribution in [1.29, 1.82) is 0 Å². The zero-order valence-electron chi connectivity index (χ0n) is 7.56. The Morgan fingerprint density at radius 3 is 2.57 bits per heavy atom. The number of anilines is 1. The molecule has 1 aliphatic heterocycles. The van der Waals surface area contributed by atoms with Gasteiger partial charge in [0.1, 0.15) is 0 Å². The summed E-state index contributed by atoms with van der Waals surface area (Å²) in [6.07, 6.45) is 0.280. The van der Waals surface area contributed by atoms with Crippen LogP contribution in [0.2, 0.25) is 0 Å². The van der Waals surface area contributed by atoms with E-state index < -0.39 is 5.91 Å². The molecule has 0 aliphatic carbocycles. The Hall–Kier alpha value is -1.68. The van der Waals surface area contributed by atoms with Crippen LogP contribution in [0.25, 0.3) is 0 Å². The number of Topliss-reactive ketones (excluding diaryl/α,β-unsaturated/α-hetero) is 1. The third-order valence-electron chi connectivity index (χ3n) is 2.08. The quantitative estimate of drug-likeness (QED) is 0.656. The van der Waals surface area contributed by atoms with Gasteiger partial charge in [0, 0.05) is 13.0 Å². The van der Waals surface area contributed by atoms with Crippen LogP contribution in [0.3, 0.4) is 0 Å². The summed E-state index contributed by atoms with van der Waals surface area (Å²) in [4.78, 5) is 22.6. The summed E-state index contributed by atoms with van der Waals surface area (Å²) in [6.45, 7) is 0.513. The molecule has 0 unspecified atom stereocenters. The van der Waals surface area contributed by atoms with Crippen LogP contribution in [0.5, 0.6) is 0 Å². The maximum absolute atomic E-state index is 11.4. The fourth-order valence-electron chi connectivity index (χ4n) is 1.37. The summed E-state index contributed by atoms with van der Waals surface area (Å²) in [7, 11) is 0. The van der Waals surface area contributed by atoms with E-state index in [0.717, 1.165) is 0 Å². The van der Waals surface area contributed by atoms with Crippen molar-refractivity contribution in [2.75, 3.05) is 11.6 Å². The zero-order valence-corrected chi connectivity index (χ0v) is 7.56. The van der Waals surface area contributed by atoms with Crippen molar-refractivity contribution in [3.63, 3.8) is 0 Å². The molecule has 1 heterocycles. The molecule has 0 bridgehead atoms. The number of ketones is 1. The van der Waals surface area contributed by atoms with E-state index in [4.69, 9.17) is 0 Å². The van der Waals surface area contributed by atoms with E-state index >= 15 is 0 Å². The van der Waals surface area contributed by atoms with E-state index in [-0.39, 0.29) is 12.2 Å². The third-order valence-corrected chi connectivity index (χ3v) is 2.08. The van der Waals surface area contributed by atoms with Crippen LogP contribution >= 0.6 is 0 Å². The Bertz CT molecular complexity index is 362. The zero-order chi connectivity index (χ0) is 9.97. The number of carbonyl (C=O) groups excluding carboxylic acids is 2. The van der Waals surface area contributed by atoms with Crippen LogP contribution in [0.1, 0.15) is 6.42 Å². The summed E-state index contributed by atoms with van der Waals surface area (Å²) >= 11 is 0. The van der Waals surface area contributed by atoms with Crippen LogP contribution in [0, 0.1) is 0 Å². The number of nitrogens with one attached hydrogen (secondary N) is 1. The summed E-state index contributed by atoms with van der Waals surface area (Å²) in [5, 5.41) is 1.30. The highest BCUT2D eigenvalue weighted by Gasteiger charge is 2.26. The second-order valence-electron chi connectivity index (χ2n) is 3.06. The predicted molar refractivity (Wildman–Crippen MR) is 51.6 cm³/mol. The monoisotopic (exact) mass is 190 g/mol. The normalized spacial score (nSPS) is 17.3. The number of benzene rings is 1. The van der Waals surface area contributed by atoms with Gasteiger partial charge < -0.3 is 0 Å². The molecule has 1 aliphatic rings. The van der Waals surface area contributed by atoms with Crippen molar-refractivity contribution >= 4 is 17.4 Å². The first kappa shape index (κ1) is 8.90. The Morgan fingerprint density at radius 1 is 1.14 bits per heavy atom. The molecule has 2 rings (SSSR count). The molecule has 72 valence electrons. The van der Waals surface area contributed by atoms with Crippen LogP contribution in [-0.4, -0.2) is 18.2 Å². The molecule has 14 heavy (non-hydrogen) atoms. The van der Waals surface area contributed by atoms with E-state index in [1.165, 1.54) is 5.01 Å². The topological polar surface area (TPSA) is 49.4 Å². The van der Waals surface area contributed by atoms with Gasteiger partial charge in [0.2, 0.25) is 5.78 Å². The van der Waals surface area contributed by atoms with Gasteiger partial charge in [-0.2, -0.15) is 0 Å². The average molecular weight is 190 g/mol. The highest BCUT2D eigenvalue weighted by atomic mass is 16.2. The van der Waals surface area contributed by atoms with Crippen LogP contribution in [-0.2, 0) is 9.59 Å². The molecule has 4 nitrogen and oxygen atoms in total. The fraction of sp³-hybridized carbons (Fsp3) is 0.200. The number of nitrogens with zero attached hydrogens (tertiary/aromatic N) is 1. The number of rotatable bonds is 1. The van der Waals surface area contributed by atoms with E-state index in [0.29, 0.717) is 12.2 Å². The largest absolute Gasteiger partial charge is 0.308 e. The second kappa shape index (κ2) is 3.59. The van der Waals surface area contributed by atoms with Crippen molar-refractivity contribution < 1.29 is 9.59 Å². The van der Waals surface area contributed by atoms with E-state index in [2.05, 4.69) is 5.43 Å². The number of hydrazine groups is 1. The number of hydrogen-bond acceptors (Lipinski definition) is 3. The Labute approximate surface area is 81.5 Å². The molecule has 1 amide bonds. The SMILES string of the molecule is O=C1CCNN(c2ccccc2)C1=O. The Balaban J connectivity index is 2.26. The highest BCUT2D eigenvalue weighted by molar-refractivity contribution is 6.41. The summed E-state index contributed by atoms with van der Waals surface area (Å²) in [6, 6.07) is 9.07. The van der Waals surface area contributed by atoms with Crippen LogP contribution < -0.4 is 10.4 Å². The van der Waals surface area contributed by atoms with Gasteiger partial charge in [0.25, 0.3) is 0 Å². The van der Waals surface area contributed by atoms with Crippen molar-refractivity contribution in [3.8, 4) is 0 Å². The first-order valence-electron chi connectivity index (χ1n) is 4.45. The molecular weight excluding hydrogens is 180 g/mol. The van der Waals surface area contributed by atoms with E-state index in [1.54, 1.807) is 12.1 Å². The molecule has 4 heteroatoms. The maximum atomic E-state index is 11.4. The van der Waals surface area contributed by atoms with Crippen molar-refractivity contribution in [3.05, 3.63) is 30.3 Å². The molecular formula is C10H10N2O2. The van der Waals surface area contributed by atoms with Gasteiger partial charge in [-0.25, -0.2) is 10.4 Å². The van der Waals surface area contributed by atoms with Gasteiger partial charge in [-0.15, -0.1) is 0 Å². The number of carbonyl (C=O) groups is 2. The van der Waals surface area contributed by atoms with Gasteiger partial charge in [-0.1, -0.05) is 18.2 Å². The molecule has 1 N–H and O–H groups in total. The van der Waals surface area contributed by atoms with E-state index in [9.17, 15) is 9.59 Å². The summed E-state index contributed by atoms with van der Waals surface area (Å²) < 4.78 is 0. The smallest absolute Gasteiger partial charge is 0.289 e. The molecule has 0 atom stereocenters. The summed E-state index contributed by atoms with van der Waals surface area (Å²) in [5.41, 5.74) is 3.58. The molecule has 1 aromatic carbocycles. The van der Waals surface area contributed by atoms with Gasteiger partial charge in [0.15, 0.2) is 0 Å². The van der Waals surface area contributed by atoms with Crippen molar-refractivity contribution in [1.82, 2.24) is 5.43 Å². The molecule has 0 aromatic heterocycles. The average Bonchev–Trinajstić information content (AvgIpc) is 2.23. The van der Waals surface area contributed by atoms with Crippen molar-refractivity contribution in [2.45, 2.75) is 6.42 Å². The minimum Gasteiger partial charge on any atom is -0.289 e. The highest BCUT2D eigenvalue weighted by Crippen LogP contribution is 2.13. The standard InChI is InChI=1S/C10H10N2O2/c13-9-6-7-11-12(10(9)14)8-4-2-1-3-5-8/h1-5,11H,6-7H2. The molecule has 1 saturated heterocycles. The lowest BCUT2D eigenvalue weighted by atomic mass is 10.2. The second-order valence-corrected chi connectivity index (χ2v) is 3.06. The van der Waals surface area contributed by atoms with Gasteiger partial charge in [-0.05, 0) is 12.1 Å². The molecule has 0 spiro atoms. The number of para-hydroxylation sites is 1. The van der Waals surface area contributed by atoms with Gasteiger partial charge in [-0.3, -0.25) is 9.59 Å². The van der Waals surface area contributed by atoms with Crippen LogP contribution in [0.15, 0.2) is 30.3 Å². The van der Waals surface area contributed by atoms with Crippen LogP contribution in [0.4, 0.5) is 5.69 Å². The van der Waals surface area contributed by atoms with Crippen molar-refractivity contribution in [2.24, 2.45) is 0 Å². The third kappa shape index (κ3) is 1.52. The molecule has 1 aromatic rings. The first-order valence-corrected chi connectivity index (χ1v) is 4.45. The van der Waals surface area contributed by atoms with E-state index in [1.807, 2.05) is 18.2 Å². The van der Waals surface area contributed by atoms with Gasteiger partial charge >= 0.3 is 5.91 Å². The minimum atomic E-state index is -0.484. The Kier molecular flexibility index (Phi) is 2.28. The first-order chi connectivity index (χ1) is 6.79. The molecule has 0 radical (unpaired) electrons. The lowest BCUT2D eigenvalue weighted by Gasteiger charge is -2.26. The lowest BCUT2D eigenvalue weighted by molar-refractivity contribution is -0.137. The number of amides is 1.